The Morgan fingerprint density at radius 2 is 2.00 bits per heavy atom. The molecule has 0 unspecified atom stereocenters. The standard InChI is InChI=1S/C12H18N2/c1-9-8-12(13-2)10-6-4-3-5-7-11(10)14-9/h8H,3-7H2,1-2H3,(H,13,14). The Balaban J connectivity index is 2.46. The molecular weight excluding hydrogens is 172 g/mol. The first-order chi connectivity index (χ1) is 6.81. The van der Waals surface area contributed by atoms with Gasteiger partial charge in [-0.3, -0.25) is 4.98 Å². The van der Waals surface area contributed by atoms with Gasteiger partial charge < -0.3 is 5.32 Å². The van der Waals surface area contributed by atoms with E-state index < -0.39 is 0 Å². The summed E-state index contributed by atoms with van der Waals surface area (Å²) in [6.07, 6.45) is 6.31. The lowest BCUT2D eigenvalue weighted by Crippen LogP contribution is -2.03. The number of anilines is 1. The van der Waals surface area contributed by atoms with E-state index in [1.165, 1.54) is 42.6 Å². The maximum absolute atomic E-state index is 4.64. The predicted molar refractivity (Wildman–Crippen MR) is 59.8 cm³/mol. The second kappa shape index (κ2) is 3.99. The number of rotatable bonds is 1. The molecule has 1 heterocycles. The van der Waals surface area contributed by atoms with E-state index in [1.807, 2.05) is 7.05 Å². The minimum atomic E-state index is 1.13. The molecule has 0 atom stereocenters. The molecule has 1 N–H and O–H groups in total. The fourth-order valence-electron chi connectivity index (χ4n) is 2.24. The lowest BCUT2D eigenvalue weighted by molar-refractivity contribution is 0.708. The van der Waals surface area contributed by atoms with Gasteiger partial charge in [0.15, 0.2) is 0 Å². The number of nitrogens with one attached hydrogen (secondary N) is 1. The van der Waals surface area contributed by atoms with Crippen molar-refractivity contribution in [3.8, 4) is 0 Å². The minimum Gasteiger partial charge on any atom is -0.388 e. The summed E-state index contributed by atoms with van der Waals surface area (Å²) in [4.78, 5) is 4.64. The average molecular weight is 190 g/mol. The summed E-state index contributed by atoms with van der Waals surface area (Å²) in [6, 6.07) is 2.16. The van der Waals surface area contributed by atoms with Gasteiger partial charge in [0.1, 0.15) is 0 Å². The van der Waals surface area contributed by atoms with Gasteiger partial charge in [0.25, 0.3) is 0 Å². The van der Waals surface area contributed by atoms with Crippen molar-refractivity contribution in [3.63, 3.8) is 0 Å². The number of hydrogen-bond donors (Lipinski definition) is 1. The number of hydrogen-bond acceptors (Lipinski definition) is 2. The van der Waals surface area contributed by atoms with Crippen molar-refractivity contribution in [2.75, 3.05) is 12.4 Å². The fraction of sp³-hybridized carbons (Fsp3) is 0.583. The molecule has 2 rings (SSSR count). The Hall–Kier alpha value is -1.05. The van der Waals surface area contributed by atoms with Crippen molar-refractivity contribution in [2.45, 2.75) is 39.0 Å². The Morgan fingerprint density at radius 3 is 2.79 bits per heavy atom. The van der Waals surface area contributed by atoms with Crippen LogP contribution in [-0.2, 0) is 12.8 Å². The van der Waals surface area contributed by atoms with Gasteiger partial charge in [-0.05, 0) is 44.2 Å². The SMILES string of the molecule is CNc1cc(C)nc2c1CCCCC2. The number of fused-ring (bicyclic) bond motifs is 1. The molecule has 1 aromatic rings. The van der Waals surface area contributed by atoms with E-state index >= 15 is 0 Å². The zero-order chi connectivity index (χ0) is 9.97. The van der Waals surface area contributed by atoms with Crippen molar-refractivity contribution in [2.24, 2.45) is 0 Å². The highest BCUT2D eigenvalue weighted by molar-refractivity contribution is 5.53. The highest BCUT2D eigenvalue weighted by Crippen LogP contribution is 2.26. The molecule has 76 valence electrons. The van der Waals surface area contributed by atoms with Crippen LogP contribution in [0.2, 0.25) is 0 Å². The van der Waals surface area contributed by atoms with E-state index in [0.717, 1.165) is 12.1 Å². The number of pyridine rings is 1. The molecule has 0 spiro atoms. The monoisotopic (exact) mass is 190 g/mol. The topological polar surface area (TPSA) is 24.9 Å². The molecule has 2 heteroatoms. The highest BCUT2D eigenvalue weighted by Gasteiger charge is 2.13. The van der Waals surface area contributed by atoms with Gasteiger partial charge in [0.2, 0.25) is 0 Å². The van der Waals surface area contributed by atoms with Crippen molar-refractivity contribution >= 4 is 5.69 Å². The summed E-state index contributed by atoms with van der Waals surface area (Å²) < 4.78 is 0. The Kier molecular flexibility index (Phi) is 2.71. The number of nitrogens with zero attached hydrogens (tertiary/aromatic N) is 1. The second-order valence-corrected chi connectivity index (χ2v) is 4.05. The zero-order valence-electron chi connectivity index (χ0n) is 9.06. The van der Waals surface area contributed by atoms with Gasteiger partial charge in [0, 0.05) is 24.1 Å². The van der Waals surface area contributed by atoms with Gasteiger partial charge in [-0.25, -0.2) is 0 Å². The quantitative estimate of drug-likeness (QED) is 0.689. The molecule has 0 radical (unpaired) electrons. The summed E-state index contributed by atoms with van der Waals surface area (Å²) in [6.45, 7) is 2.08. The Labute approximate surface area is 85.7 Å². The molecule has 2 nitrogen and oxygen atoms in total. The maximum atomic E-state index is 4.64. The summed E-state index contributed by atoms with van der Waals surface area (Å²) in [7, 11) is 2.00. The zero-order valence-corrected chi connectivity index (χ0v) is 9.06. The van der Waals surface area contributed by atoms with Gasteiger partial charge in [-0.15, -0.1) is 0 Å². The van der Waals surface area contributed by atoms with Gasteiger partial charge in [0.05, 0.1) is 0 Å². The molecular formula is C12H18N2. The van der Waals surface area contributed by atoms with Gasteiger partial charge in [-0.1, -0.05) is 6.42 Å². The smallest absolute Gasteiger partial charge is 0.0459 e. The van der Waals surface area contributed by atoms with E-state index in [0.29, 0.717) is 0 Å². The molecule has 0 fully saturated rings. The summed E-state index contributed by atoms with van der Waals surface area (Å²) in [5.41, 5.74) is 5.20. The van der Waals surface area contributed by atoms with Crippen molar-refractivity contribution in [3.05, 3.63) is 23.0 Å². The molecule has 0 amide bonds. The Morgan fingerprint density at radius 1 is 1.21 bits per heavy atom. The average Bonchev–Trinajstić information content (AvgIpc) is 2.41. The summed E-state index contributed by atoms with van der Waals surface area (Å²) in [5, 5.41) is 3.28. The van der Waals surface area contributed by atoms with E-state index in [4.69, 9.17) is 0 Å². The predicted octanol–water partition coefficient (Wildman–Crippen LogP) is 2.70. The summed E-state index contributed by atoms with van der Waals surface area (Å²) >= 11 is 0. The van der Waals surface area contributed by atoms with Gasteiger partial charge in [-0.2, -0.15) is 0 Å². The van der Waals surface area contributed by atoms with Crippen LogP contribution in [0.3, 0.4) is 0 Å². The first-order valence-electron chi connectivity index (χ1n) is 5.48. The molecule has 0 aromatic carbocycles. The van der Waals surface area contributed by atoms with Crippen LogP contribution >= 0.6 is 0 Å². The van der Waals surface area contributed by atoms with E-state index in [2.05, 4.69) is 23.3 Å². The van der Waals surface area contributed by atoms with Crippen molar-refractivity contribution in [1.29, 1.82) is 0 Å². The number of aromatic nitrogens is 1. The first kappa shape index (κ1) is 9.50. The van der Waals surface area contributed by atoms with Crippen LogP contribution in [0.1, 0.15) is 36.2 Å². The van der Waals surface area contributed by atoms with Crippen molar-refractivity contribution in [1.82, 2.24) is 4.98 Å². The van der Waals surface area contributed by atoms with E-state index in [-0.39, 0.29) is 0 Å². The van der Waals surface area contributed by atoms with E-state index in [9.17, 15) is 0 Å². The third kappa shape index (κ3) is 1.74. The van der Waals surface area contributed by atoms with Crippen LogP contribution < -0.4 is 5.32 Å². The van der Waals surface area contributed by atoms with Crippen LogP contribution in [0.5, 0.6) is 0 Å². The first-order valence-corrected chi connectivity index (χ1v) is 5.48. The van der Waals surface area contributed by atoms with Crippen LogP contribution in [0, 0.1) is 6.92 Å². The van der Waals surface area contributed by atoms with Crippen molar-refractivity contribution < 1.29 is 0 Å². The fourth-order valence-corrected chi connectivity index (χ4v) is 2.24. The Bertz CT molecular complexity index is 331. The molecule has 0 saturated heterocycles. The third-order valence-corrected chi connectivity index (χ3v) is 2.95. The molecule has 14 heavy (non-hydrogen) atoms. The summed E-state index contributed by atoms with van der Waals surface area (Å²) in [5.74, 6) is 0. The highest BCUT2D eigenvalue weighted by atomic mass is 14.8. The molecule has 1 aliphatic rings. The second-order valence-electron chi connectivity index (χ2n) is 4.05. The molecule has 0 saturated carbocycles. The minimum absolute atomic E-state index is 1.13. The van der Waals surface area contributed by atoms with Gasteiger partial charge >= 0.3 is 0 Å². The number of aryl methyl sites for hydroxylation is 2. The van der Waals surface area contributed by atoms with E-state index in [1.54, 1.807) is 0 Å². The van der Waals surface area contributed by atoms with Crippen LogP contribution in [0.15, 0.2) is 6.07 Å². The molecule has 1 aliphatic carbocycles. The maximum Gasteiger partial charge on any atom is 0.0459 e. The normalized spacial score (nSPS) is 15.9. The lowest BCUT2D eigenvalue weighted by atomic mass is 10.1. The van der Waals surface area contributed by atoms with Crippen LogP contribution in [0.25, 0.3) is 0 Å². The largest absolute Gasteiger partial charge is 0.388 e. The molecule has 1 aromatic heterocycles. The molecule has 0 bridgehead atoms. The third-order valence-electron chi connectivity index (χ3n) is 2.95. The molecule has 0 aliphatic heterocycles. The lowest BCUT2D eigenvalue weighted by Gasteiger charge is -2.12. The van der Waals surface area contributed by atoms with Crippen LogP contribution in [-0.4, -0.2) is 12.0 Å². The van der Waals surface area contributed by atoms with Crippen LogP contribution in [0.4, 0.5) is 5.69 Å².